The highest BCUT2D eigenvalue weighted by Gasteiger charge is 2.27. The van der Waals surface area contributed by atoms with Gasteiger partial charge in [-0.25, -0.2) is 17.1 Å². The molecule has 2 aromatic carbocycles. The lowest BCUT2D eigenvalue weighted by Crippen LogP contribution is -2.49. The number of hydrogen-bond acceptors (Lipinski definition) is 4. The zero-order valence-electron chi connectivity index (χ0n) is 18.3. The summed E-state index contributed by atoms with van der Waals surface area (Å²) in [7, 11) is -1.45. The van der Waals surface area contributed by atoms with E-state index >= 15 is 0 Å². The lowest BCUT2D eigenvalue weighted by Gasteiger charge is -2.32. The van der Waals surface area contributed by atoms with Gasteiger partial charge in [-0.1, -0.05) is 30.3 Å². The first-order chi connectivity index (χ1) is 14.9. The van der Waals surface area contributed by atoms with Crippen LogP contribution in [-0.4, -0.2) is 50.6 Å². The minimum absolute atomic E-state index is 0. The van der Waals surface area contributed by atoms with Gasteiger partial charge < -0.3 is 15.4 Å². The number of hydrogen-bond donors (Lipinski definition) is 2. The molecule has 2 aromatic rings. The molecule has 1 saturated heterocycles. The Hall–Kier alpha value is -1.92. The fourth-order valence-corrected chi connectivity index (χ4v) is 4.56. The maximum absolute atomic E-state index is 13.9. The number of rotatable bonds is 7. The number of nitrogens with one attached hydrogen (secondary N) is 2. The molecule has 0 atom stereocenters. The number of halogens is 2. The van der Waals surface area contributed by atoms with Gasteiger partial charge >= 0.3 is 0 Å². The van der Waals surface area contributed by atoms with E-state index in [1.807, 2.05) is 18.2 Å². The quantitative estimate of drug-likeness (QED) is 0.299. The highest BCUT2D eigenvalue weighted by Crippen LogP contribution is 2.27. The third-order valence-electron chi connectivity index (χ3n) is 5.25. The average molecular weight is 576 g/mol. The van der Waals surface area contributed by atoms with Crippen LogP contribution in [-0.2, 0) is 16.6 Å². The van der Waals surface area contributed by atoms with E-state index in [0.29, 0.717) is 44.2 Å². The van der Waals surface area contributed by atoms with Gasteiger partial charge in [-0.15, -0.1) is 24.0 Å². The van der Waals surface area contributed by atoms with E-state index in [9.17, 15) is 12.8 Å². The highest BCUT2D eigenvalue weighted by molar-refractivity contribution is 14.0. The van der Waals surface area contributed by atoms with Crippen molar-refractivity contribution < 1.29 is 17.5 Å². The lowest BCUT2D eigenvalue weighted by atomic mass is 10.1. The summed E-state index contributed by atoms with van der Waals surface area (Å²) in [5.41, 5.74) is 0.859. The van der Waals surface area contributed by atoms with Crippen LogP contribution in [0.2, 0.25) is 0 Å². The van der Waals surface area contributed by atoms with Gasteiger partial charge in [0.15, 0.2) is 17.5 Å². The number of sulfonamides is 1. The summed E-state index contributed by atoms with van der Waals surface area (Å²) in [5.74, 6) is 1.07. The molecule has 32 heavy (non-hydrogen) atoms. The standard InChI is InChI=1S/C22H29FN4O3S.HI/c1-3-31(28,29)27-14-12-18(13-15-27)26-22(24-2)25-16-17-8-4-6-10-20(17)30-21-11-7-5-9-19(21)23;/h4-11,18H,3,12-16H2,1-2H3,(H2,24,25,26);1H. The zero-order valence-corrected chi connectivity index (χ0v) is 21.4. The molecule has 3 rings (SSSR count). The van der Waals surface area contributed by atoms with E-state index in [2.05, 4.69) is 15.6 Å². The number of guanidine groups is 1. The fourth-order valence-electron chi connectivity index (χ4n) is 3.42. The van der Waals surface area contributed by atoms with Crippen molar-refractivity contribution >= 4 is 40.0 Å². The van der Waals surface area contributed by atoms with E-state index in [4.69, 9.17) is 4.74 Å². The van der Waals surface area contributed by atoms with Crippen LogP contribution in [0.3, 0.4) is 0 Å². The van der Waals surface area contributed by atoms with Gasteiger partial charge in [-0.3, -0.25) is 4.99 Å². The molecule has 0 unspecified atom stereocenters. The predicted molar refractivity (Wildman–Crippen MR) is 136 cm³/mol. The van der Waals surface area contributed by atoms with E-state index in [0.717, 1.165) is 5.56 Å². The van der Waals surface area contributed by atoms with Crippen LogP contribution in [0.1, 0.15) is 25.3 Å². The average Bonchev–Trinajstić information content (AvgIpc) is 2.79. The minimum Gasteiger partial charge on any atom is -0.454 e. The van der Waals surface area contributed by atoms with Crippen molar-refractivity contribution in [1.29, 1.82) is 0 Å². The smallest absolute Gasteiger partial charge is 0.213 e. The minimum atomic E-state index is -3.14. The first-order valence-corrected chi connectivity index (χ1v) is 12.0. The van der Waals surface area contributed by atoms with Crippen molar-refractivity contribution in [3.05, 3.63) is 59.9 Å². The number of benzene rings is 2. The van der Waals surface area contributed by atoms with Crippen LogP contribution in [0.15, 0.2) is 53.5 Å². The number of piperidine rings is 1. The summed E-state index contributed by atoms with van der Waals surface area (Å²) in [6.45, 7) is 3.11. The van der Waals surface area contributed by atoms with E-state index in [1.165, 1.54) is 6.07 Å². The van der Waals surface area contributed by atoms with Crippen LogP contribution in [0.25, 0.3) is 0 Å². The molecule has 1 fully saturated rings. The predicted octanol–water partition coefficient (Wildman–Crippen LogP) is 3.72. The third kappa shape index (κ3) is 7.04. The second kappa shape index (κ2) is 12.4. The highest BCUT2D eigenvalue weighted by atomic mass is 127. The van der Waals surface area contributed by atoms with Crippen molar-refractivity contribution in [3.63, 3.8) is 0 Å². The summed E-state index contributed by atoms with van der Waals surface area (Å²) in [6.07, 6.45) is 1.43. The number of aliphatic imine (C=N–C) groups is 1. The Morgan fingerprint density at radius 3 is 2.38 bits per heavy atom. The maximum atomic E-state index is 13.9. The van der Waals surface area contributed by atoms with Crippen LogP contribution in [0.5, 0.6) is 11.5 Å². The van der Waals surface area contributed by atoms with Gasteiger partial charge in [0.05, 0.1) is 5.75 Å². The first-order valence-electron chi connectivity index (χ1n) is 10.4. The molecule has 0 amide bonds. The summed E-state index contributed by atoms with van der Waals surface area (Å²) in [4.78, 5) is 4.27. The molecule has 0 radical (unpaired) electrons. The Balaban J connectivity index is 0.00000363. The van der Waals surface area contributed by atoms with Crippen molar-refractivity contribution in [2.24, 2.45) is 4.99 Å². The summed E-state index contributed by atoms with van der Waals surface area (Å²) < 4.78 is 45.3. The van der Waals surface area contributed by atoms with E-state index in [1.54, 1.807) is 42.5 Å². The van der Waals surface area contributed by atoms with Gasteiger partial charge in [-0.2, -0.15) is 0 Å². The molecular formula is C22H30FIN4O3S. The van der Waals surface area contributed by atoms with Crippen LogP contribution in [0.4, 0.5) is 4.39 Å². The second-order valence-corrected chi connectivity index (χ2v) is 9.54. The first kappa shape index (κ1) is 26.3. The summed E-state index contributed by atoms with van der Waals surface area (Å²) >= 11 is 0. The molecular weight excluding hydrogens is 546 g/mol. The van der Waals surface area contributed by atoms with Crippen LogP contribution < -0.4 is 15.4 Å². The third-order valence-corrected chi connectivity index (χ3v) is 7.13. The van der Waals surface area contributed by atoms with Gasteiger partial charge in [0.1, 0.15) is 5.75 Å². The molecule has 10 heteroatoms. The molecule has 1 aliphatic heterocycles. The molecule has 1 aliphatic rings. The Bertz CT molecular complexity index is 1010. The molecule has 1 heterocycles. The second-order valence-electron chi connectivity index (χ2n) is 7.28. The van der Waals surface area contributed by atoms with E-state index in [-0.39, 0.29) is 41.5 Å². The van der Waals surface area contributed by atoms with E-state index < -0.39 is 15.8 Å². The topological polar surface area (TPSA) is 83.0 Å². The van der Waals surface area contributed by atoms with Crippen LogP contribution in [0, 0.1) is 5.82 Å². The molecule has 0 spiro atoms. The zero-order chi connectivity index (χ0) is 22.3. The van der Waals surface area contributed by atoms with Crippen molar-refractivity contribution in [2.45, 2.75) is 32.4 Å². The summed E-state index contributed by atoms with van der Waals surface area (Å²) in [6, 6.07) is 13.9. The van der Waals surface area contributed by atoms with Crippen molar-refractivity contribution in [2.75, 3.05) is 25.9 Å². The number of nitrogens with zero attached hydrogens (tertiary/aromatic N) is 2. The summed E-state index contributed by atoms with van der Waals surface area (Å²) in [5, 5.41) is 6.62. The monoisotopic (exact) mass is 576 g/mol. The van der Waals surface area contributed by atoms with Gasteiger partial charge in [0.2, 0.25) is 10.0 Å². The van der Waals surface area contributed by atoms with Gasteiger partial charge in [-0.05, 0) is 38.0 Å². The Morgan fingerprint density at radius 1 is 1.12 bits per heavy atom. The molecule has 0 aromatic heterocycles. The van der Waals surface area contributed by atoms with Crippen LogP contribution >= 0.6 is 24.0 Å². The van der Waals surface area contributed by atoms with Crippen molar-refractivity contribution in [3.8, 4) is 11.5 Å². The van der Waals surface area contributed by atoms with Gasteiger partial charge in [0.25, 0.3) is 0 Å². The molecule has 0 bridgehead atoms. The molecule has 176 valence electrons. The maximum Gasteiger partial charge on any atom is 0.213 e. The van der Waals surface area contributed by atoms with Crippen molar-refractivity contribution in [1.82, 2.24) is 14.9 Å². The normalized spacial score (nSPS) is 15.7. The SMILES string of the molecule is CCS(=O)(=O)N1CCC(NC(=NC)NCc2ccccc2Oc2ccccc2F)CC1.I. The molecule has 0 aliphatic carbocycles. The Morgan fingerprint density at radius 2 is 1.75 bits per heavy atom. The van der Waals surface area contributed by atoms with Gasteiger partial charge in [0, 0.05) is 38.3 Å². The Kier molecular flexibility index (Phi) is 10.2. The number of para-hydroxylation sites is 2. The number of ether oxygens (including phenoxy) is 1. The molecule has 0 saturated carbocycles. The Labute approximate surface area is 206 Å². The molecule has 7 nitrogen and oxygen atoms in total. The fraction of sp³-hybridized carbons (Fsp3) is 0.409. The lowest BCUT2D eigenvalue weighted by molar-refractivity contribution is 0.306. The molecule has 2 N–H and O–H groups in total. The largest absolute Gasteiger partial charge is 0.454 e.